The second-order valence-corrected chi connectivity index (χ2v) is 7.64. The van der Waals surface area contributed by atoms with E-state index in [1.807, 2.05) is 0 Å². The molecule has 1 aliphatic heterocycles. The summed E-state index contributed by atoms with van der Waals surface area (Å²) in [5, 5.41) is 21.4. The third-order valence-electron chi connectivity index (χ3n) is 3.60. The summed E-state index contributed by atoms with van der Waals surface area (Å²) in [6, 6.07) is 2.80. The predicted molar refractivity (Wildman–Crippen MR) is 84.4 cm³/mol. The molecule has 1 aliphatic rings. The van der Waals surface area contributed by atoms with Gasteiger partial charge in [0.2, 0.25) is 0 Å². The molecule has 0 radical (unpaired) electrons. The van der Waals surface area contributed by atoms with Crippen molar-refractivity contribution >= 4 is 21.6 Å². The Labute approximate surface area is 134 Å². The molecule has 0 bridgehead atoms. The number of phenols is 2. The number of nitrogens with one attached hydrogen (secondary N) is 1. The number of carbonyl (C=O) groups is 1. The lowest BCUT2D eigenvalue weighted by Gasteiger charge is -2.28. The lowest BCUT2D eigenvalue weighted by Crippen LogP contribution is -2.45. The van der Waals surface area contributed by atoms with Crippen LogP contribution in [0.2, 0.25) is 0 Å². The first kappa shape index (κ1) is 17.4. The molecule has 2 rings (SSSR count). The highest BCUT2D eigenvalue weighted by atomic mass is 32.2. The summed E-state index contributed by atoms with van der Waals surface area (Å²) in [6.07, 6.45) is 0.380. The fourth-order valence-electron chi connectivity index (χ4n) is 2.52. The maximum atomic E-state index is 12.4. The first-order chi connectivity index (χ1) is 10.8. The molecule has 0 saturated carbocycles. The van der Waals surface area contributed by atoms with E-state index >= 15 is 0 Å². The number of carbonyl (C=O) groups excluding carboxylic acids is 1. The van der Waals surface area contributed by atoms with Gasteiger partial charge in [-0.3, -0.25) is 0 Å². The van der Waals surface area contributed by atoms with E-state index in [1.54, 1.807) is 0 Å². The first-order valence-electron chi connectivity index (χ1n) is 7.11. The number of benzene rings is 1. The zero-order valence-corrected chi connectivity index (χ0v) is 13.5. The van der Waals surface area contributed by atoms with Crippen LogP contribution in [0.4, 0.5) is 10.5 Å². The molecule has 128 valence electrons. The van der Waals surface area contributed by atoms with E-state index in [-0.39, 0.29) is 41.8 Å². The summed E-state index contributed by atoms with van der Waals surface area (Å²) in [5.74, 6) is -0.393. The molecule has 1 atom stereocenters. The van der Waals surface area contributed by atoms with Gasteiger partial charge in [0.15, 0.2) is 9.84 Å². The number of hydrogen-bond donors (Lipinski definition) is 3. The summed E-state index contributed by atoms with van der Waals surface area (Å²) >= 11 is 0. The van der Waals surface area contributed by atoms with Gasteiger partial charge >= 0.3 is 6.03 Å². The topological polar surface area (TPSA) is 116 Å². The van der Waals surface area contributed by atoms with E-state index < -0.39 is 21.9 Å². The Hall–Kier alpha value is -2.00. The third kappa shape index (κ3) is 4.73. The molecule has 1 fully saturated rings. The monoisotopic (exact) mass is 344 g/mol. The van der Waals surface area contributed by atoms with Crippen LogP contribution in [0, 0.1) is 0 Å². The molecule has 23 heavy (non-hydrogen) atoms. The molecule has 0 spiro atoms. The lowest BCUT2D eigenvalue weighted by molar-refractivity contribution is 0.140. The smallest absolute Gasteiger partial charge is 0.322 e. The van der Waals surface area contributed by atoms with Crippen molar-refractivity contribution in [3.8, 4) is 11.5 Å². The normalized spacial score (nSPS) is 19.4. The van der Waals surface area contributed by atoms with Gasteiger partial charge in [-0.15, -0.1) is 0 Å². The van der Waals surface area contributed by atoms with Crippen LogP contribution in [0.25, 0.3) is 0 Å². The number of methoxy groups -OCH3 is 1. The molecule has 3 N–H and O–H groups in total. The van der Waals surface area contributed by atoms with Crippen molar-refractivity contribution in [2.24, 2.45) is 0 Å². The SMILES string of the molecule is COCCN(C(=O)Nc1cc(O)cc(O)c1)C1CCS(=O)(=O)C1. The average Bonchev–Trinajstić information content (AvgIpc) is 2.78. The number of aromatic hydroxyl groups is 2. The Kier molecular flexibility index (Phi) is 5.32. The first-order valence-corrected chi connectivity index (χ1v) is 8.93. The van der Waals surface area contributed by atoms with E-state index in [1.165, 1.54) is 24.1 Å². The van der Waals surface area contributed by atoms with Gasteiger partial charge in [-0.2, -0.15) is 0 Å². The second kappa shape index (κ2) is 7.05. The van der Waals surface area contributed by atoms with E-state index in [0.717, 1.165) is 6.07 Å². The number of phenolic OH excluding ortho intramolecular Hbond substituents is 2. The Morgan fingerprint density at radius 1 is 1.35 bits per heavy atom. The standard InChI is InChI=1S/C14H20N2O6S/c1-22-4-3-16(11-2-5-23(20,21)9-11)14(19)15-10-6-12(17)8-13(18)7-10/h6-8,11,17-18H,2-5,9H2,1H3,(H,15,19). The van der Waals surface area contributed by atoms with Gasteiger partial charge in [0.05, 0.1) is 18.1 Å². The molecule has 1 heterocycles. The highest BCUT2D eigenvalue weighted by molar-refractivity contribution is 7.91. The summed E-state index contributed by atoms with van der Waals surface area (Å²) in [7, 11) is -1.63. The molecule has 1 aromatic carbocycles. The Morgan fingerprint density at radius 2 is 2.00 bits per heavy atom. The molecule has 2 amide bonds. The highest BCUT2D eigenvalue weighted by Gasteiger charge is 2.34. The van der Waals surface area contributed by atoms with Crippen molar-refractivity contribution in [3.63, 3.8) is 0 Å². The Bertz CT molecular complexity index is 656. The number of anilines is 1. The second-order valence-electron chi connectivity index (χ2n) is 5.41. The number of amides is 2. The fraction of sp³-hybridized carbons (Fsp3) is 0.500. The summed E-state index contributed by atoms with van der Waals surface area (Å²) in [6.45, 7) is 0.516. The molecule has 0 aromatic heterocycles. The van der Waals surface area contributed by atoms with Gasteiger partial charge in [0, 0.05) is 43.6 Å². The number of rotatable bonds is 5. The van der Waals surface area contributed by atoms with Crippen LogP contribution in [0.3, 0.4) is 0 Å². The minimum atomic E-state index is -3.13. The minimum absolute atomic E-state index is 0.0569. The molecule has 1 saturated heterocycles. The highest BCUT2D eigenvalue weighted by Crippen LogP contribution is 2.25. The number of sulfone groups is 1. The van der Waals surface area contributed by atoms with Crippen LogP contribution >= 0.6 is 0 Å². The van der Waals surface area contributed by atoms with Gasteiger partial charge in [-0.25, -0.2) is 13.2 Å². The van der Waals surface area contributed by atoms with Crippen LogP contribution < -0.4 is 5.32 Å². The largest absolute Gasteiger partial charge is 0.508 e. The van der Waals surface area contributed by atoms with Crippen molar-refractivity contribution in [2.45, 2.75) is 12.5 Å². The van der Waals surface area contributed by atoms with E-state index in [2.05, 4.69) is 5.32 Å². The van der Waals surface area contributed by atoms with Crippen molar-refractivity contribution in [2.75, 3.05) is 37.1 Å². The van der Waals surface area contributed by atoms with Crippen LogP contribution in [-0.4, -0.2) is 67.4 Å². The van der Waals surface area contributed by atoms with E-state index in [4.69, 9.17) is 4.74 Å². The van der Waals surface area contributed by atoms with Crippen molar-refractivity contribution in [1.82, 2.24) is 4.90 Å². The molecule has 1 unspecified atom stereocenters. The fourth-order valence-corrected chi connectivity index (χ4v) is 4.25. The Balaban J connectivity index is 2.13. The van der Waals surface area contributed by atoms with Crippen LogP contribution in [-0.2, 0) is 14.6 Å². The van der Waals surface area contributed by atoms with Gasteiger partial charge in [0.1, 0.15) is 11.5 Å². The molecule has 0 aliphatic carbocycles. The number of ether oxygens (including phenoxy) is 1. The molecule has 1 aromatic rings. The summed E-state index contributed by atoms with van der Waals surface area (Å²) in [4.78, 5) is 13.9. The molecule has 9 heteroatoms. The number of hydrogen-bond acceptors (Lipinski definition) is 6. The van der Waals surface area contributed by atoms with Crippen molar-refractivity contribution in [3.05, 3.63) is 18.2 Å². The number of urea groups is 1. The van der Waals surface area contributed by atoms with Gasteiger partial charge in [0.25, 0.3) is 0 Å². The molecule has 8 nitrogen and oxygen atoms in total. The summed E-state index contributed by atoms with van der Waals surface area (Å²) in [5.41, 5.74) is 0.218. The van der Waals surface area contributed by atoms with Crippen molar-refractivity contribution in [1.29, 1.82) is 0 Å². The van der Waals surface area contributed by atoms with Crippen molar-refractivity contribution < 1.29 is 28.2 Å². The molecular weight excluding hydrogens is 324 g/mol. The quantitative estimate of drug-likeness (QED) is 0.726. The Morgan fingerprint density at radius 3 is 2.52 bits per heavy atom. The van der Waals surface area contributed by atoms with E-state index in [9.17, 15) is 23.4 Å². The maximum Gasteiger partial charge on any atom is 0.322 e. The van der Waals surface area contributed by atoms with Gasteiger partial charge in [-0.1, -0.05) is 0 Å². The lowest BCUT2D eigenvalue weighted by atomic mass is 10.2. The predicted octanol–water partition coefficient (Wildman–Crippen LogP) is 0.765. The maximum absolute atomic E-state index is 12.4. The zero-order chi connectivity index (χ0) is 17.0. The van der Waals surface area contributed by atoms with Crippen LogP contribution in [0.5, 0.6) is 11.5 Å². The van der Waals surface area contributed by atoms with Gasteiger partial charge < -0.3 is 25.2 Å². The van der Waals surface area contributed by atoms with Gasteiger partial charge in [-0.05, 0) is 6.42 Å². The zero-order valence-electron chi connectivity index (χ0n) is 12.7. The average molecular weight is 344 g/mol. The third-order valence-corrected chi connectivity index (χ3v) is 5.35. The van der Waals surface area contributed by atoms with E-state index in [0.29, 0.717) is 6.42 Å². The van der Waals surface area contributed by atoms with Crippen LogP contribution in [0.15, 0.2) is 18.2 Å². The summed E-state index contributed by atoms with van der Waals surface area (Å²) < 4.78 is 28.2. The number of nitrogens with zero attached hydrogens (tertiary/aromatic N) is 1. The van der Waals surface area contributed by atoms with Crippen LogP contribution in [0.1, 0.15) is 6.42 Å². The molecular formula is C14H20N2O6S. The minimum Gasteiger partial charge on any atom is -0.508 e.